The van der Waals surface area contributed by atoms with Gasteiger partial charge in [-0.2, -0.15) is 0 Å². The third-order valence-corrected chi connectivity index (χ3v) is 5.60. The molecule has 1 aliphatic heterocycles. The van der Waals surface area contributed by atoms with Gasteiger partial charge in [0.05, 0.1) is 10.6 Å². The topological polar surface area (TPSA) is 87.3 Å². The minimum Gasteiger partial charge on any atom is -0.325 e. The number of carbonyl (C=O) groups excluding carboxylic acids is 1. The van der Waals surface area contributed by atoms with Gasteiger partial charge < -0.3 is 10.6 Å². The molecule has 3 N–H and O–H groups in total. The van der Waals surface area contributed by atoms with E-state index >= 15 is 0 Å². The Morgan fingerprint density at radius 3 is 2.74 bits per heavy atom. The first-order chi connectivity index (χ1) is 10.4. The number of amides is 1. The summed E-state index contributed by atoms with van der Waals surface area (Å²) < 4.78 is 27.8. The molecule has 6 nitrogen and oxygen atoms in total. The summed E-state index contributed by atoms with van der Waals surface area (Å²) in [6.45, 7) is 3.67. The van der Waals surface area contributed by atoms with Crippen molar-refractivity contribution >= 4 is 50.0 Å². The lowest BCUT2D eigenvalue weighted by Gasteiger charge is -2.22. The Hall–Kier alpha value is -0.670. The molecule has 1 atom stereocenters. The predicted octanol–water partition coefficient (Wildman–Crippen LogP) is 2.11. The molecule has 2 rings (SSSR count). The highest BCUT2D eigenvalue weighted by Crippen LogP contribution is 2.25. The van der Waals surface area contributed by atoms with Gasteiger partial charge >= 0.3 is 0 Å². The number of sulfonamides is 1. The van der Waals surface area contributed by atoms with Gasteiger partial charge in [-0.15, -0.1) is 12.4 Å². The Kier molecular flexibility index (Phi) is 7.96. The van der Waals surface area contributed by atoms with E-state index in [-0.39, 0.29) is 23.2 Å². The minimum atomic E-state index is -3.55. The molecule has 0 bridgehead atoms. The van der Waals surface area contributed by atoms with E-state index < -0.39 is 10.0 Å². The van der Waals surface area contributed by atoms with Gasteiger partial charge in [0.25, 0.3) is 0 Å². The molecule has 1 fully saturated rings. The largest absolute Gasteiger partial charge is 0.325 e. The fraction of sp³-hybridized carbons (Fsp3) is 0.500. The zero-order valence-electron chi connectivity index (χ0n) is 12.8. The van der Waals surface area contributed by atoms with Crippen molar-refractivity contribution in [3.63, 3.8) is 0 Å². The second-order valence-corrected chi connectivity index (χ2v) is 8.01. The second-order valence-electron chi connectivity index (χ2n) is 5.39. The average Bonchev–Trinajstić information content (AvgIpc) is 2.48. The molecule has 1 amide bonds. The summed E-state index contributed by atoms with van der Waals surface area (Å²) in [5.74, 6) is 0.116. The molecule has 1 aromatic carbocycles. The molecule has 1 aliphatic rings. The molecule has 0 radical (unpaired) electrons. The molecule has 9 heteroatoms. The van der Waals surface area contributed by atoms with Crippen LogP contribution >= 0.6 is 28.3 Å². The molecule has 130 valence electrons. The number of anilines is 1. The van der Waals surface area contributed by atoms with Crippen LogP contribution in [0.3, 0.4) is 0 Å². The van der Waals surface area contributed by atoms with E-state index in [1.165, 1.54) is 19.1 Å². The highest BCUT2D eigenvalue weighted by atomic mass is 79.9. The molecular formula is C14H21BrClN3O3S. The Morgan fingerprint density at radius 1 is 1.43 bits per heavy atom. The van der Waals surface area contributed by atoms with Crippen LogP contribution in [0.4, 0.5) is 5.69 Å². The van der Waals surface area contributed by atoms with Crippen molar-refractivity contribution in [2.45, 2.75) is 24.7 Å². The van der Waals surface area contributed by atoms with Gasteiger partial charge in [0.2, 0.25) is 15.9 Å². The van der Waals surface area contributed by atoms with Crippen LogP contribution in [0.1, 0.15) is 19.8 Å². The number of hydrogen-bond donors (Lipinski definition) is 3. The van der Waals surface area contributed by atoms with Gasteiger partial charge in [0.15, 0.2) is 0 Å². The minimum absolute atomic E-state index is 0. The highest BCUT2D eigenvalue weighted by Gasteiger charge is 2.19. The molecule has 1 saturated heterocycles. The van der Waals surface area contributed by atoms with Gasteiger partial charge in [-0.05, 0) is 66.0 Å². The van der Waals surface area contributed by atoms with Crippen LogP contribution in [0, 0.1) is 5.92 Å². The number of benzene rings is 1. The smallest absolute Gasteiger partial charge is 0.240 e. The normalized spacial score (nSPS) is 18.1. The van der Waals surface area contributed by atoms with Gasteiger partial charge in [-0.1, -0.05) is 0 Å². The summed E-state index contributed by atoms with van der Waals surface area (Å²) in [4.78, 5) is 11.2. The summed E-state index contributed by atoms with van der Waals surface area (Å²) in [5.41, 5.74) is 0.544. The SMILES string of the molecule is CC(=O)Nc1ccc(S(=O)(=O)NCC2CCCNC2)cc1Br.Cl. The molecule has 0 aromatic heterocycles. The number of piperidine rings is 1. The van der Waals surface area contributed by atoms with E-state index in [0.717, 1.165) is 25.9 Å². The fourth-order valence-electron chi connectivity index (χ4n) is 2.36. The fourth-order valence-corrected chi connectivity index (χ4v) is 4.13. The van der Waals surface area contributed by atoms with E-state index in [0.29, 0.717) is 22.6 Å². The van der Waals surface area contributed by atoms with Crippen LogP contribution in [-0.2, 0) is 14.8 Å². The Bertz CT molecular complexity index is 649. The Labute approximate surface area is 151 Å². The monoisotopic (exact) mass is 425 g/mol. The van der Waals surface area contributed by atoms with Gasteiger partial charge in [-0.25, -0.2) is 13.1 Å². The van der Waals surface area contributed by atoms with Crippen molar-refractivity contribution in [1.82, 2.24) is 10.0 Å². The average molecular weight is 427 g/mol. The maximum absolute atomic E-state index is 12.3. The molecule has 0 saturated carbocycles. The van der Waals surface area contributed by atoms with E-state index in [2.05, 4.69) is 31.3 Å². The van der Waals surface area contributed by atoms with Crippen molar-refractivity contribution < 1.29 is 13.2 Å². The van der Waals surface area contributed by atoms with Crippen LogP contribution in [0.2, 0.25) is 0 Å². The Balaban J connectivity index is 0.00000264. The predicted molar refractivity (Wildman–Crippen MR) is 96.5 cm³/mol. The number of halogens is 2. The van der Waals surface area contributed by atoms with Crippen molar-refractivity contribution in [3.05, 3.63) is 22.7 Å². The van der Waals surface area contributed by atoms with Crippen LogP contribution in [0.25, 0.3) is 0 Å². The lowest BCUT2D eigenvalue weighted by molar-refractivity contribution is -0.114. The summed E-state index contributed by atoms with van der Waals surface area (Å²) in [6.07, 6.45) is 2.10. The van der Waals surface area contributed by atoms with Crippen LogP contribution in [0.15, 0.2) is 27.6 Å². The second kappa shape index (κ2) is 8.98. The number of carbonyl (C=O) groups is 1. The lowest BCUT2D eigenvalue weighted by atomic mass is 10.0. The molecule has 23 heavy (non-hydrogen) atoms. The van der Waals surface area contributed by atoms with E-state index in [1.54, 1.807) is 6.07 Å². The molecule has 0 aliphatic carbocycles. The molecule has 1 heterocycles. The summed E-state index contributed by atoms with van der Waals surface area (Å²) >= 11 is 3.28. The highest BCUT2D eigenvalue weighted by molar-refractivity contribution is 9.10. The van der Waals surface area contributed by atoms with Crippen molar-refractivity contribution in [2.75, 3.05) is 25.0 Å². The third-order valence-electron chi connectivity index (χ3n) is 3.52. The number of hydrogen-bond acceptors (Lipinski definition) is 4. The molecular weight excluding hydrogens is 406 g/mol. The van der Waals surface area contributed by atoms with Crippen LogP contribution in [0.5, 0.6) is 0 Å². The van der Waals surface area contributed by atoms with Gasteiger partial charge in [0, 0.05) is 17.9 Å². The van der Waals surface area contributed by atoms with Gasteiger partial charge in [0.1, 0.15) is 0 Å². The van der Waals surface area contributed by atoms with E-state index in [9.17, 15) is 13.2 Å². The Morgan fingerprint density at radius 2 is 2.17 bits per heavy atom. The lowest BCUT2D eigenvalue weighted by Crippen LogP contribution is -2.38. The van der Waals surface area contributed by atoms with E-state index in [1.807, 2.05) is 0 Å². The first-order valence-electron chi connectivity index (χ1n) is 7.16. The van der Waals surface area contributed by atoms with Gasteiger partial charge in [-0.3, -0.25) is 4.79 Å². The summed E-state index contributed by atoms with van der Waals surface area (Å²) in [5, 5.41) is 5.89. The first kappa shape index (κ1) is 20.4. The quantitative estimate of drug-likeness (QED) is 0.673. The third kappa shape index (κ3) is 6.04. The standard InChI is InChI=1S/C14H20BrN3O3S.ClH/c1-10(19)18-14-5-4-12(7-13(14)15)22(20,21)17-9-11-3-2-6-16-8-11;/h4-5,7,11,16-17H,2-3,6,8-9H2,1H3,(H,18,19);1H. The van der Waals surface area contributed by atoms with E-state index in [4.69, 9.17) is 0 Å². The van der Waals surface area contributed by atoms with Crippen molar-refractivity contribution in [1.29, 1.82) is 0 Å². The van der Waals surface area contributed by atoms with Crippen LogP contribution < -0.4 is 15.4 Å². The van der Waals surface area contributed by atoms with Crippen molar-refractivity contribution in [3.8, 4) is 0 Å². The van der Waals surface area contributed by atoms with Crippen molar-refractivity contribution in [2.24, 2.45) is 5.92 Å². The maximum atomic E-state index is 12.3. The first-order valence-corrected chi connectivity index (χ1v) is 9.43. The maximum Gasteiger partial charge on any atom is 0.240 e. The zero-order chi connectivity index (χ0) is 16.2. The summed E-state index contributed by atoms with van der Waals surface area (Å²) in [7, 11) is -3.55. The van der Waals surface area contributed by atoms with Crippen LogP contribution in [-0.4, -0.2) is 34.0 Å². The number of rotatable bonds is 5. The zero-order valence-corrected chi connectivity index (χ0v) is 16.0. The number of nitrogens with one attached hydrogen (secondary N) is 3. The molecule has 1 unspecified atom stereocenters. The molecule has 1 aromatic rings. The summed E-state index contributed by atoms with van der Waals surface area (Å²) in [6, 6.07) is 4.55. The molecule has 0 spiro atoms.